The van der Waals surface area contributed by atoms with Gasteiger partial charge in [-0.3, -0.25) is 4.98 Å². The standard InChI is InChI=1S/C28H24N8O/c1-37-19-24-12-6-11-23(31-24)17-36-18-27(34-35-36)26-14-25(22-10-5-9-21(13-22)15-29)32-28(33-26)30-16-20-7-3-2-4-8-20/h2-14,18H,16-17,19H2,1H3,(H,30,32,33). The molecule has 0 aliphatic heterocycles. The molecule has 0 saturated heterocycles. The van der Waals surface area contributed by atoms with Crippen LogP contribution in [0.3, 0.4) is 0 Å². The number of methoxy groups -OCH3 is 1. The molecule has 0 amide bonds. The summed E-state index contributed by atoms with van der Waals surface area (Å²) in [5.74, 6) is 0.460. The molecule has 0 spiro atoms. The first-order valence-electron chi connectivity index (χ1n) is 11.7. The van der Waals surface area contributed by atoms with Crippen molar-refractivity contribution >= 4 is 5.95 Å². The molecule has 2 aromatic carbocycles. The fraction of sp³-hybridized carbons (Fsp3) is 0.143. The van der Waals surface area contributed by atoms with E-state index in [1.54, 1.807) is 17.9 Å². The second-order valence-corrected chi connectivity index (χ2v) is 8.35. The Kier molecular flexibility index (Phi) is 7.20. The predicted octanol–water partition coefficient (Wildman–Crippen LogP) is 4.48. The summed E-state index contributed by atoms with van der Waals surface area (Å²) < 4.78 is 6.91. The minimum absolute atomic E-state index is 0.450. The van der Waals surface area contributed by atoms with Crippen molar-refractivity contribution in [1.29, 1.82) is 5.26 Å². The Labute approximate surface area is 214 Å². The zero-order valence-electron chi connectivity index (χ0n) is 20.2. The molecule has 0 atom stereocenters. The molecule has 9 nitrogen and oxygen atoms in total. The summed E-state index contributed by atoms with van der Waals surface area (Å²) in [5.41, 5.74) is 6.11. The highest BCUT2D eigenvalue weighted by Crippen LogP contribution is 2.25. The van der Waals surface area contributed by atoms with E-state index in [9.17, 15) is 5.26 Å². The molecule has 0 aliphatic rings. The number of benzene rings is 2. The highest BCUT2D eigenvalue weighted by atomic mass is 16.5. The molecule has 5 aromatic rings. The molecule has 0 saturated carbocycles. The van der Waals surface area contributed by atoms with Gasteiger partial charge < -0.3 is 10.1 Å². The van der Waals surface area contributed by atoms with Crippen molar-refractivity contribution in [3.05, 3.63) is 108 Å². The van der Waals surface area contributed by atoms with E-state index in [1.165, 1.54) is 0 Å². The minimum Gasteiger partial charge on any atom is -0.378 e. The summed E-state index contributed by atoms with van der Waals surface area (Å²) in [4.78, 5) is 14.0. The van der Waals surface area contributed by atoms with E-state index in [-0.39, 0.29) is 0 Å². The Morgan fingerprint density at radius 2 is 1.68 bits per heavy atom. The van der Waals surface area contributed by atoms with Crippen LogP contribution in [0.15, 0.2) is 85.1 Å². The SMILES string of the molecule is COCc1cccc(Cn2cc(-c3cc(-c4cccc(C#N)c4)nc(NCc4ccccc4)n3)nn2)n1. The molecule has 0 fully saturated rings. The smallest absolute Gasteiger partial charge is 0.224 e. The van der Waals surface area contributed by atoms with E-state index in [0.717, 1.165) is 22.5 Å². The zero-order chi connectivity index (χ0) is 25.5. The van der Waals surface area contributed by atoms with Gasteiger partial charge in [0.25, 0.3) is 0 Å². The van der Waals surface area contributed by atoms with Crippen LogP contribution in [0.5, 0.6) is 0 Å². The number of hydrogen-bond acceptors (Lipinski definition) is 8. The Morgan fingerprint density at radius 1 is 0.865 bits per heavy atom. The summed E-state index contributed by atoms with van der Waals surface area (Å²) >= 11 is 0. The predicted molar refractivity (Wildman–Crippen MR) is 139 cm³/mol. The van der Waals surface area contributed by atoms with Crippen molar-refractivity contribution in [2.75, 3.05) is 12.4 Å². The average molecular weight is 489 g/mol. The van der Waals surface area contributed by atoms with Gasteiger partial charge in [0.15, 0.2) is 0 Å². The number of aromatic nitrogens is 6. The molecule has 5 rings (SSSR count). The molecule has 3 heterocycles. The molecule has 37 heavy (non-hydrogen) atoms. The lowest BCUT2D eigenvalue weighted by atomic mass is 10.1. The minimum atomic E-state index is 0.450. The van der Waals surface area contributed by atoms with Gasteiger partial charge in [-0.05, 0) is 35.9 Å². The first-order chi connectivity index (χ1) is 18.2. The molecule has 9 heteroatoms. The topological polar surface area (TPSA) is 114 Å². The van der Waals surface area contributed by atoms with Gasteiger partial charge >= 0.3 is 0 Å². The summed E-state index contributed by atoms with van der Waals surface area (Å²) in [6, 6.07) is 27.2. The highest BCUT2D eigenvalue weighted by molar-refractivity contribution is 5.68. The van der Waals surface area contributed by atoms with E-state index < -0.39 is 0 Å². The van der Waals surface area contributed by atoms with Crippen molar-refractivity contribution in [3.63, 3.8) is 0 Å². The summed E-state index contributed by atoms with van der Waals surface area (Å²) in [6.45, 7) is 1.48. The van der Waals surface area contributed by atoms with E-state index in [2.05, 4.69) is 26.7 Å². The first-order valence-corrected chi connectivity index (χ1v) is 11.7. The number of rotatable bonds is 9. The summed E-state index contributed by atoms with van der Waals surface area (Å²) in [5, 5.41) is 21.3. The van der Waals surface area contributed by atoms with Gasteiger partial charge in [-0.1, -0.05) is 53.7 Å². The van der Waals surface area contributed by atoms with Gasteiger partial charge in [-0.25, -0.2) is 14.6 Å². The van der Waals surface area contributed by atoms with Gasteiger partial charge in [-0.15, -0.1) is 5.10 Å². The van der Waals surface area contributed by atoms with Crippen LogP contribution in [-0.2, 0) is 24.4 Å². The lowest BCUT2D eigenvalue weighted by Gasteiger charge is -2.09. The van der Waals surface area contributed by atoms with Crippen LogP contribution >= 0.6 is 0 Å². The van der Waals surface area contributed by atoms with Crippen LogP contribution in [0, 0.1) is 11.3 Å². The number of hydrogen-bond donors (Lipinski definition) is 1. The van der Waals surface area contributed by atoms with E-state index in [0.29, 0.717) is 48.3 Å². The quantitative estimate of drug-likeness (QED) is 0.323. The van der Waals surface area contributed by atoms with Gasteiger partial charge in [0.2, 0.25) is 5.95 Å². The summed E-state index contributed by atoms with van der Waals surface area (Å²) in [7, 11) is 1.65. The highest BCUT2D eigenvalue weighted by Gasteiger charge is 2.13. The average Bonchev–Trinajstić information content (AvgIpc) is 3.41. The van der Waals surface area contributed by atoms with Crippen LogP contribution in [0.4, 0.5) is 5.95 Å². The molecular weight excluding hydrogens is 464 g/mol. The Morgan fingerprint density at radius 3 is 2.51 bits per heavy atom. The van der Waals surface area contributed by atoms with Crippen molar-refractivity contribution in [2.24, 2.45) is 0 Å². The monoisotopic (exact) mass is 488 g/mol. The maximum Gasteiger partial charge on any atom is 0.224 e. The Hall–Kier alpha value is -4.94. The van der Waals surface area contributed by atoms with Crippen LogP contribution < -0.4 is 5.32 Å². The van der Waals surface area contributed by atoms with E-state index in [1.807, 2.05) is 79.0 Å². The van der Waals surface area contributed by atoms with Crippen LogP contribution in [-0.4, -0.2) is 37.1 Å². The molecule has 3 aromatic heterocycles. The number of anilines is 1. The number of nitrogens with zero attached hydrogens (tertiary/aromatic N) is 7. The number of pyridine rings is 1. The third-order valence-corrected chi connectivity index (χ3v) is 5.59. The normalized spacial score (nSPS) is 10.7. The lowest BCUT2D eigenvalue weighted by Crippen LogP contribution is -2.05. The van der Waals surface area contributed by atoms with E-state index >= 15 is 0 Å². The zero-order valence-corrected chi connectivity index (χ0v) is 20.2. The third kappa shape index (κ3) is 6.01. The fourth-order valence-electron chi connectivity index (χ4n) is 3.84. The van der Waals surface area contributed by atoms with Crippen molar-refractivity contribution in [1.82, 2.24) is 29.9 Å². The second kappa shape index (κ2) is 11.2. The molecule has 1 N–H and O–H groups in total. The van der Waals surface area contributed by atoms with Crippen LogP contribution in [0.2, 0.25) is 0 Å². The van der Waals surface area contributed by atoms with Crippen molar-refractivity contribution in [3.8, 4) is 28.7 Å². The Bertz CT molecular complexity index is 1540. The molecule has 0 radical (unpaired) electrons. The van der Waals surface area contributed by atoms with Crippen LogP contribution in [0.25, 0.3) is 22.6 Å². The number of nitriles is 1. The first kappa shape index (κ1) is 23.8. The van der Waals surface area contributed by atoms with E-state index in [4.69, 9.17) is 14.7 Å². The molecular formula is C28H24N8O. The molecule has 0 aliphatic carbocycles. The van der Waals surface area contributed by atoms with Gasteiger partial charge in [0, 0.05) is 19.2 Å². The third-order valence-electron chi connectivity index (χ3n) is 5.59. The Balaban J connectivity index is 1.45. The lowest BCUT2D eigenvalue weighted by molar-refractivity contribution is 0.181. The number of nitrogens with one attached hydrogen (secondary N) is 1. The second-order valence-electron chi connectivity index (χ2n) is 8.35. The molecule has 182 valence electrons. The largest absolute Gasteiger partial charge is 0.378 e. The molecule has 0 unspecified atom stereocenters. The molecule has 0 bridgehead atoms. The maximum absolute atomic E-state index is 9.35. The summed E-state index contributed by atoms with van der Waals surface area (Å²) in [6.07, 6.45) is 1.84. The van der Waals surface area contributed by atoms with Gasteiger partial charge in [-0.2, -0.15) is 5.26 Å². The van der Waals surface area contributed by atoms with Crippen molar-refractivity contribution in [2.45, 2.75) is 19.7 Å². The number of ether oxygens (including phenoxy) is 1. The van der Waals surface area contributed by atoms with Gasteiger partial charge in [0.05, 0.1) is 53.8 Å². The fourth-order valence-corrected chi connectivity index (χ4v) is 3.84. The van der Waals surface area contributed by atoms with Crippen molar-refractivity contribution < 1.29 is 4.74 Å². The van der Waals surface area contributed by atoms with Crippen LogP contribution in [0.1, 0.15) is 22.5 Å². The maximum atomic E-state index is 9.35. The van der Waals surface area contributed by atoms with Gasteiger partial charge in [0.1, 0.15) is 5.69 Å².